The van der Waals surface area contributed by atoms with Crippen molar-refractivity contribution < 1.29 is 4.79 Å². The summed E-state index contributed by atoms with van der Waals surface area (Å²) in [5.74, 6) is -0.671. The number of nitrogens with zero attached hydrogens (tertiary/aromatic N) is 3. The lowest BCUT2D eigenvalue weighted by molar-refractivity contribution is 0.0930. The molecular formula is C26H23ClN4O3. The molecule has 172 valence electrons. The first-order valence-corrected chi connectivity index (χ1v) is 11.1. The second kappa shape index (κ2) is 9.89. The molecular weight excluding hydrogens is 452 g/mol. The van der Waals surface area contributed by atoms with E-state index < -0.39 is 17.2 Å². The zero-order chi connectivity index (χ0) is 24.2. The average molecular weight is 475 g/mol. The van der Waals surface area contributed by atoms with E-state index in [1.807, 2.05) is 50.2 Å². The van der Waals surface area contributed by atoms with E-state index in [1.165, 1.54) is 0 Å². The van der Waals surface area contributed by atoms with Crippen LogP contribution in [0.3, 0.4) is 0 Å². The van der Waals surface area contributed by atoms with Crippen LogP contribution in [0.2, 0.25) is 5.02 Å². The van der Waals surface area contributed by atoms with E-state index in [4.69, 9.17) is 11.6 Å². The van der Waals surface area contributed by atoms with E-state index in [1.54, 1.807) is 42.5 Å². The van der Waals surface area contributed by atoms with Crippen LogP contribution in [0.1, 0.15) is 40.1 Å². The standard InChI is InChI=1S/C26H23ClN4O3/c1-17-9-8-13-21(15-17)31-26(34)30(16-20-12-6-7-14-22(20)27)25(33)23(29-31)24(32)28-18(2)19-10-4-3-5-11-19/h3-15,18H,16H2,1-2H3,(H,28,32)/t18-/m1/s1. The van der Waals surface area contributed by atoms with Gasteiger partial charge >= 0.3 is 5.69 Å². The molecule has 1 amide bonds. The third kappa shape index (κ3) is 4.84. The van der Waals surface area contributed by atoms with Gasteiger partial charge in [0.25, 0.3) is 11.5 Å². The van der Waals surface area contributed by atoms with Crippen LogP contribution in [0, 0.1) is 6.92 Å². The molecule has 3 aromatic carbocycles. The molecule has 0 aliphatic heterocycles. The minimum Gasteiger partial charge on any atom is -0.344 e. The normalized spacial score (nSPS) is 11.7. The number of nitrogens with one attached hydrogen (secondary N) is 1. The molecule has 0 bridgehead atoms. The fourth-order valence-electron chi connectivity index (χ4n) is 3.61. The van der Waals surface area contributed by atoms with Crippen molar-refractivity contribution in [3.05, 3.63) is 127 Å². The van der Waals surface area contributed by atoms with E-state index in [2.05, 4.69) is 10.4 Å². The molecule has 34 heavy (non-hydrogen) atoms. The SMILES string of the molecule is Cc1cccc(-n2nc(C(=O)N[C@H](C)c3ccccc3)c(=O)n(Cc3ccccc3Cl)c2=O)c1. The van der Waals surface area contributed by atoms with Crippen molar-refractivity contribution in [2.75, 3.05) is 0 Å². The lowest BCUT2D eigenvalue weighted by Gasteiger charge is -2.16. The second-order valence-corrected chi connectivity index (χ2v) is 8.38. The van der Waals surface area contributed by atoms with E-state index in [0.717, 1.165) is 20.4 Å². The Morgan fingerprint density at radius 3 is 2.41 bits per heavy atom. The number of amides is 1. The Labute approximate surface area is 201 Å². The first kappa shape index (κ1) is 23.2. The molecule has 0 fully saturated rings. The van der Waals surface area contributed by atoms with Crippen LogP contribution < -0.4 is 16.6 Å². The van der Waals surface area contributed by atoms with Gasteiger partial charge < -0.3 is 5.32 Å². The maximum atomic E-state index is 13.3. The number of halogens is 1. The molecule has 1 aromatic heterocycles. The third-order valence-electron chi connectivity index (χ3n) is 5.45. The van der Waals surface area contributed by atoms with Crippen LogP contribution in [0.15, 0.2) is 88.5 Å². The first-order chi connectivity index (χ1) is 16.3. The van der Waals surface area contributed by atoms with E-state index in [-0.39, 0.29) is 18.3 Å². The summed E-state index contributed by atoms with van der Waals surface area (Å²) in [6.45, 7) is 3.59. The summed E-state index contributed by atoms with van der Waals surface area (Å²) in [7, 11) is 0. The topological polar surface area (TPSA) is 86.0 Å². The summed E-state index contributed by atoms with van der Waals surface area (Å²) >= 11 is 6.28. The third-order valence-corrected chi connectivity index (χ3v) is 5.82. The van der Waals surface area contributed by atoms with Crippen LogP contribution in [0.25, 0.3) is 5.69 Å². The molecule has 0 spiro atoms. The highest BCUT2D eigenvalue weighted by molar-refractivity contribution is 6.31. The van der Waals surface area contributed by atoms with Crippen LogP contribution >= 0.6 is 11.6 Å². The Bertz CT molecular complexity index is 1460. The monoisotopic (exact) mass is 474 g/mol. The van der Waals surface area contributed by atoms with Gasteiger partial charge in [0.1, 0.15) is 0 Å². The summed E-state index contributed by atoms with van der Waals surface area (Å²) in [6.07, 6.45) is 0. The minimum absolute atomic E-state index is 0.0970. The fraction of sp³-hybridized carbons (Fsp3) is 0.154. The molecule has 4 rings (SSSR count). The number of rotatable bonds is 6. The maximum absolute atomic E-state index is 13.3. The number of carbonyl (C=O) groups is 1. The van der Waals surface area contributed by atoms with E-state index in [9.17, 15) is 14.4 Å². The maximum Gasteiger partial charge on any atom is 0.352 e. The molecule has 4 aromatic rings. The fourth-order valence-corrected chi connectivity index (χ4v) is 3.81. The van der Waals surface area contributed by atoms with Crippen LogP contribution in [-0.4, -0.2) is 20.3 Å². The number of hydrogen-bond acceptors (Lipinski definition) is 4. The minimum atomic E-state index is -0.786. The van der Waals surface area contributed by atoms with Gasteiger partial charge in [0.2, 0.25) is 5.69 Å². The molecule has 0 aliphatic rings. The highest BCUT2D eigenvalue weighted by Crippen LogP contribution is 2.16. The predicted octanol–water partition coefficient (Wildman–Crippen LogP) is 3.90. The molecule has 1 N–H and O–H groups in total. The molecule has 0 aliphatic carbocycles. The van der Waals surface area contributed by atoms with Crippen molar-refractivity contribution in [3.63, 3.8) is 0 Å². The molecule has 0 saturated heterocycles. The number of carbonyl (C=O) groups excluding carboxylic acids is 1. The summed E-state index contributed by atoms with van der Waals surface area (Å²) in [5.41, 5.74) is 0.973. The van der Waals surface area contributed by atoms with Gasteiger partial charge in [-0.2, -0.15) is 9.78 Å². The highest BCUT2D eigenvalue weighted by Gasteiger charge is 2.22. The van der Waals surface area contributed by atoms with Gasteiger partial charge in [0.15, 0.2) is 0 Å². The van der Waals surface area contributed by atoms with Crippen molar-refractivity contribution >= 4 is 17.5 Å². The number of aromatic nitrogens is 3. The zero-order valence-corrected chi connectivity index (χ0v) is 19.5. The smallest absolute Gasteiger partial charge is 0.344 e. The molecule has 0 unspecified atom stereocenters. The lowest BCUT2D eigenvalue weighted by atomic mass is 10.1. The molecule has 1 heterocycles. The summed E-state index contributed by atoms with van der Waals surface area (Å²) < 4.78 is 2.06. The van der Waals surface area contributed by atoms with Crippen molar-refractivity contribution in [1.82, 2.24) is 19.7 Å². The summed E-state index contributed by atoms with van der Waals surface area (Å²) in [6, 6.07) is 23.0. The molecule has 1 atom stereocenters. The van der Waals surface area contributed by atoms with Gasteiger partial charge in [-0.3, -0.25) is 14.2 Å². The van der Waals surface area contributed by atoms with Gasteiger partial charge in [0.05, 0.1) is 18.3 Å². The zero-order valence-electron chi connectivity index (χ0n) is 18.7. The molecule has 8 heteroatoms. The van der Waals surface area contributed by atoms with E-state index >= 15 is 0 Å². The van der Waals surface area contributed by atoms with Crippen molar-refractivity contribution in [2.24, 2.45) is 0 Å². The van der Waals surface area contributed by atoms with Crippen LogP contribution in [0.5, 0.6) is 0 Å². The Morgan fingerprint density at radius 1 is 1.00 bits per heavy atom. The molecule has 0 saturated carbocycles. The van der Waals surface area contributed by atoms with E-state index in [0.29, 0.717) is 16.3 Å². The van der Waals surface area contributed by atoms with Gasteiger partial charge in [-0.15, -0.1) is 0 Å². The predicted molar refractivity (Wildman–Crippen MR) is 132 cm³/mol. The van der Waals surface area contributed by atoms with Crippen molar-refractivity contribution in [1.29, 1.82) is 0 Å². The Hall–Kier alpha value is -3.97. The number of benzene rings is 3. The Kier molecular flexibility index (Phi) is 6.75. The van der Waals surface area contributed by atoms with Crippen LogP contribution in [0.4, 0.5) is 0 Å². The lowest BCUT2D eigenvalue weighted by Crippen LogP contribution is -2.46. The molecule has 7 nitrogen and oxygen atoms in total. The van der Waals surface area contributed by atoms with Crippen LogP contribution in [-0.2, 0) is 6.54 Å². The van der Waals surface area contributed by atoms with Gasteiger partial charge in [-0.05, 0) is 48.7 Å². The highest BCUT2D eigenvalue weighted by atomic mass is 35.5. The van der Waals surface area contributed by atoms with Crippen molar-refractivity contribution in [2.45, 2.75) is 26.4 Å². The number of hydrogen-bond donors (Lipinski definition) is 1. The quantitative estimate of drug-likeness (QED) is 0.459. The second-order valence-electron chi connectivity index (χ2n) is 7.97. The van der Waals surface area contributed by atoms with Gasteiger partial charge in [-0.1, -0.05) is 72.3 Å². The largest absolute Gasteiger partial charge is 0.352 e. The van der Waals surface area contributed by atoms with Gasteiger partial charge in [-0.25, -0.2) is 4.79 Å². The van der Waals surface area contributed by atoms with Crippen molar-refractivity contribution in [3.8, 4) is 5.69 Å². The Balaban J connectivity index is 1.83. The molecule has 0 radical (unpaired) electrons. The average Bonchev–Trinajstić information content (AvgIpc) is 2.83. The summed E-state index contributed by atoms with van der Waals surface area (Å²) in [5, 5.41) is 7.40. The number of aryl methyl sites for hydroxylation is 1. The van der Waals surface area contributed by atoms with Gasteiger partial charge in [0, 0.05) is 5.02 Å². The Morgan fingerprint density at radius 2 is 1.71 bits per heavy atom. The first-order valence-electron chi connectivity index (χ1n) is 10.8. The summed E-state index contributed by atoms with van der Waals surface area (Å²) in [4.78, 5) is 39.8.